The molecule has 2 rings (SSSR count). The molecule has 160 valence electrons. The fourth-order valence-electron chi connectivity index (χ4n) is 3.12. The molecule has 2 aromatic rings. The first-order valence-electron chi connectivity index (χ1n) is 10.2. The molecule has 0 spiro atoms. The largest absolute Gasteiger partial charge is 0.459 e. The molecule has 0 aliphatic rings. The molecule has 0 saturated heterocycles. The zero-order valence-electron chi connectivity index (χ0n) is 18.2. The van der Waals surface area contributed by atoms with Crippen LogP contribution in [0, 0.1) is 12.8 Å². The maximum absolute atomic E-state index is 12.8. The van der Waals surface area contributed by atoms with Crippen molar-refractivity contribution in [3.63, 3.8) is 0 Å². The van der Waals surface area contributed by atoms with E-state index in [2.05, 4.69) is 5.32 Å². The quantitative estimate of drug-likeness (QED) is 0.639. The summed E-state index contributed by atoms with van der Waals surface area (Å²) >= 11 is 0. The van der Waals surface area contributed by atoms with E-state index in [-0.39, 0.29) is 31.1 Å². The topological polar surface area (TPSA) is 72.5 Å². The summed E-state index contributed by atoms with van der Waals surface area (Å²) in [6.07, 6.45) is 0.828. The predicted octanol–water partition coefficient (Wildman–Crippen LogP) is 3.81. The minimum atomic E-state index is -0.616. The van der Waals surface area contributed by atoms with Gasteiger partial charge < -0.3 is 10.1 Å². The van der Waals surface area contributed by atoms with Crippen LogP contribution in [0.3, 0.4) is 0 Å². The van der Waals surface area contributed by atoms with Crippen LogP contribution in [-0.2, 0) is 32.0 Å². The predicted molar refractivity (Wildman–Crippen MR) is 117 cm³/mol. The minimum Gasteiger partial charge on any atom is -0.459 e. The van der Waals surface area contributed by atoms with Gasteiger partial charge in [-0.25, -0.2) is 0 Å². The Morgan fingerprint density at radius 2 is 1.57 bits per heavy atom. The number of Topliss-reactive ketones (excluding diaryl/α,β-unsaturated/α-hetero) is 1. The molecule has 0 radical (unpaired) electrons. The van der Waals surface area contributed by atoms with Crippen molar-refractivity contribution in [2.24, 2.45) is 5.92 Å². The van der Waals surface area contributed by atoms with Crippen LogP contribution in [0.4, 0.5) is 0 Å². The maximum Gasteiger partial charge on any atom is 0.325 e. The molecule has 0 fully saturated rings. The smallest absolute Gasteiger partial charge is 0.325 e. The average molecular weight is 410 g/mol. The number of ketones is 1. The Hall–Kier alpha value is -2.95. The molecule has 2 aromatic carbocycles. The number of ether oxygens (including phenoxy) is 1. The number of amides is 1. The molecule has 1 amide bonds. The van der Waals surface area contributed by atoms with E-state index in [4.69, 9.17) is 4.74 Å². The van der Waals surface area contributed by atoms with Crippen molar-refractivity contribution in [2.45, 2.75) is 52.6 Å². The molecule has 0 aromatic heterocycles. The van der Waals surface area contributed by atoms with Gasteiger partial charge in [0.05, 0.1) is 0 Å². The highest BCUT2D eigenvalue weighted by molar-refractivity contribution is 5.89. The highest BCUT2D eigenvalue weighted by Crippen LogP contribution is 2.16. The van der Waals surface area contributed by atoms with E-state index in [1.165, 1.54) is 0 Å². The Kier molecular flexibility index (Phi) is 8.34. The summed E-state index contributed by atoms with van der Waals surface area (Å²) in [5.41, 5.74) is 2.42. The summed E-state index contributed by atoms with van der Waals surface area (Å²) in [6.45, 7) is 7.10. The Morgan fingerprint density at radius 3 is 2.17 bits per heavy atom. The van der Waals surface area contributed by atoms with Gasteiger partial charge in [-0.15, -0.1) is 0 Å². The lowest BCUT2D eigenvalue weighted by molar-refractivity contribution is -0.154. The van der Waals surface area contributed by atoms with Crippen LogP contribution in [0.1, 0.15) is 43.9 Å². The number of benzene rings is 2. The second kappa shape index (κ2) is 10.7. The number of hydrogen-bond donors (Lipinski definition) is 1. The van der Waals surface area contributed by atoms with E-state index in [9.17, 15) is 14.4 Å². The van der Waals surface area contributed by atoms with Crippen molar-refractivity contribution in [3.8, 4) is 0 Å². The van der Waals surface area contributed by atoms with Crippen molar-refractivity contribution in [3.05, 3.63) is 71.3 Å². The van der Waals surface area contributed by atoms with Crippen LogP contribution in [-0.4, -0.2) is 29.8 Å². The average Bonchev–Trinajstić information content (AvgIpc) is 2.67. The number of carbonyl (C=O) groups is 3. The molecule has 1 atom stereocenters. The standard InChI is InChI=1S/C25H31NO4/c1-18-10-12-20(13-11-18)15-22(27)16-21(14-19-8-6-5-7-9-19)24(29)26-17-23(28)30-25(2,3)4/h5-13,21H,14-17H2,1-4H3,(H,26,29)/t21-/m1/s1. The van der Waals surface area contributed by atoms with Crippen LogP contribution >= 0.6 is 0 Å². The SMILES string of the molecule is Cc1ccc(CC(=O)C[C@@H](Cc2ccccc2)C(=O)NCC(=O)OC(C)(C)C)cc1. The van der Waals surface area contributed by atoms with Gasteiger partial charge in [-0.05, 0) is 45.2 Å². The van der Waals surface area contributed by atoms with Crippen molar-refractivity contribution >= 4 is 17.7 Å². The normalized spacial score (nSPS) is 12.1. The van der Waals surface area contributed by atoms with Gasteiger partial charge in [0.2, 0.25) is 5.91 Å². The van der Waals surface area contributed by atoms with Crippen LogP contribution in [0.15, 0.2) is 54.6 Å². The maximum atomic E-state index is 12.8. The highest BCUT2D eigenvalue weighted by atomic mass is 16.6. The second-order valence-electron chi connectivity index (χ2n) is 8.60. The van der Waals surface area contributed by atoms with E-state index in [0.29, 0.717) is 6.42 Å². The Balaban J connectivity index is 2.02. The lowest BCUT2D eigenvalue weighted by Gasteiger charge is -2.20. The third-order valence-corrected chi connectivity index (χ3v) is 4.52. The summed E-state index contributed by atoms with van der Waals surface area (Å²) in [7, 11) is 0. The molecule has 0 saturated carbocycles. The molecule has 0 bridgehead atoms. The number of nitrogens with one attached hydrogen (secondary N) is 1. The summed E-state index contributed by atoms with van der Waals surface area (Å²) in [5, 5.41) is 2.64. The fraction of sp³-hybridized carbons (Fsp3) is 0.400. The first kappa shape index (κ1) is 23.3. The monoisotopic (exact) mass is 409 g/mol. The number of aryl methyl sites for hydroxylation is 1. The van der Waals surface area contributed by atoms with Crippen molar-refractivity contribution in [1.29, 1.82) is 0 Å². The van der Waals surface area contributed by atoms with E-state index in [0.717, 1.165) is 16.7 Å². The Morgan fingerprint density at radius 1 is 0.933 bits per heavy atom. The van der Waals surface area contributed by atoms with Crippen LogP contribution in [0.2, 0.25) is 0 Å². The summed E-state index contributed by atoms with van der Waals surface area (Å²) in [5.74, 6) is -1.37. The van der Waals surface area contributed by atoms with Crippen LogP contribution in [0.25, 0.3) is 0 Å². The molecule has 0 unspecified atom stereocenters. The molecule has 1 N–H and O–H groups in total. The zero-order chi connectivity index (χ0) is 22.1. The molecule has 30 heavy (non-hydrogen) atoms. The van der Waals surface area contributed by atoms with Crippen LogP contribution < -0.4 is 5.32 Å². The summed E-state index contributed by atoms with van der Waals surface area (Å²) in [4.78, 5) is 37.4. The van der Waals surface area contributed by atoms with Gasteiger partial charge in [-0.1, -0.05) is 60.2 Å². The van der Waals surface area contributed by atoms with Gasteiger partial charge in [0, 0.05) is 18.8 Å². The second-order valence-corrected chi connectivity index (χ2v) is 8.60. The Labute approximate surface area is 178 Å². The van der Waals surface area contributed by atoms with Gasteiger partial charge >= 0.3 is 5.97 Å². The minimum absolute atomic E-state index is 0.00722. The molecule has 0 aliphatic carbocycles. The van der Waals surface area contributed by atoms with Crippen molar-refractivity contribution in [2.75, 3.05) is 6.54 Å². The van der Waals surface area contributed by atoms with Crippen molar-refractivity contribution in [1.82, 2.24) is 5.32 Å². The van der Waals surface area contributed by atoms with Gasteiger partial charge in [0.1, 0.15) is 17.9 Å². The van der Waals surface area contributed by atoms with Gasteiger partial charge in [-0.2, -0.15) is 0 Å². The van der Waals surface area contributed by atoms with Crippen molar-refractivity contribution < 1.29 is 19.1 Å². The fourth-order valence-corrected chi connectivity index (χ4v) is 3.12. The van der Waals surface area contributed by atoms with Gasteiger partial charge in [-0.3, -0.25) is 14.4 Å². The number of esters is 1. The third kappa shape index (κ3) is 8.60. The molecule has 0 heterocycles. The third-order valence-electron chi connectivity index (χ3n) is 4.52. The molecule has 0 aliphatic heterocycles. The number of rotatable bonds is 9. The van der Waals surface area contributed by atoms with E-state index in [1.54, 1.807) is 20.8 Å². The van der Waals surface area contributed by atoms with Gasteiger partial charge in [0.15, 0.2) is 0 Å². The lowest BCUT2D eigenvalue weighted by atomic mass is 9.91. The Bertz CT molecular complexity index is 851. The number of carbonyl (C=O) groups excluding carboxylic acids is 3. The summed E-state index contributed by atoms with van der Waals surface area (Å²) in [6, 6.07) is 17.4. The van der Waals surface area contributed by atoms with E-state index in [1.807, 2.05) is 61.5 Å². The molecule has 5 heteroatoms. The van der Waals surface area contributed by atoms with E-state index >= 15 is 0 Å². The first-order valence-corrected chi connectivity index (χ1v) is 10.2. The van der Waals surface area contributed by atoms with E-state index < -0.39 is 17.5 Å². The lowest BCUT2D eigenvalue weighted by Crippen LogP contribution is -2.39. The molecule has 5 nitrogen and oxygen atoms in total. The number of hydrogen-bond acceptors (Lipinski definition) is 4. The summed E-state index contributed by atoms with van der Waals surface area (Å²) < 4.78 is 5.24. The zero-order valence-corrected chi connectivity index (χ0v) is 18.2. The van der Waals surface area contributed by atoms with Crippen LogP contribution in [0.5, 0.6) is 0 Å². The van der Waals surface area contributed by atoms with Gasteiger partial charge in [0.25, 0.3) is 0 Å². The molecular formula is C25H31NO4. The highest BCUT2D eigenvalue weighted by Gasteiger charge is 2.24. The molecular weight excluding hydrogens is 378 g/mol. The first-order chi connectivity index (χ1) is 14.1.